The topological polar surface area (TPSA) is 105 Å². The normalized spacial score (nSPS) is 10.9. The van der Waals surface area contributed by atoms with E-state index >= 15 is 0 Å². The quantitative estimate of drug-likeness (QED) is 0.564. The Morgan fingerprint density at radius 3 is 2.43 bits per heavy atom. The third-order valence-electron chi connectivity index (χ3n) is 3.47. The molecule has 0 saturated heterocycles. The van der Waals surface area contributed by atoms with Crippen molar-refractivity contribution in [2.24, 2.45) is 5.73 Å². The molecule has 5 N–H and O–H groups in total. The molecule has 7 nitrogen and oxygen atoms in total. The van der Waals surface area contributed by atoms with Crippen molar-refractivity contribution < 1.29 is 27.5 Å². The number of carbonyl (C=O) groups is 2. The number of rotatable bonds is 7. The predicted molar refractivity (Wildman–Crippen MR) is 99.5 cm³/mol. The molecule has 0 fully saturated rings. The van der Waals surface area contributed by atoms with Gasteiger partial charge in [0.25, 0.3) is 5.91 Å². The Hall–Kier alpha value is -3.43. The van der Waals surface area contributed by atoms with Crippen molar-refractivity contribution >= 4 is 29.0 Å². The third-order valence-corrected chi connectivity index (χ3v) is 3.47. The van der Waals surface area contributed by atoms with E-state index in [1.54, 1.807) is 6.07 Å². The van der Waals surface area contributed by atoms with Crippen LogP contribution >= 0.6 is 0 Å². The van der Waals surface area contributed by atoms with Gasteiger partial charge in [-0.1, -0.05) is 19.1 Å². The molecule has 0 unspecified atom stereocenters. The van der Waals surface area contributed by atoms with E-state index in [-0.39, 0.29) is 16.9 Å². The second-order valence-electron chi connectivity index (χ2n) is 5.67. The Morgan fingerprint density at radius 1 is 1.07 bits per heavy atom. The van der Waals surface area contributed by atoms with Crippen molar-refractivity contribution in [3.8, 4) is 5.75 Å². The Bertz CT molecular complexity index is 856. The number of carbonyl (C=O) groups excluding carboxylic acids is 2. The van der Waals surface area contributed by atoms with E-state index in [0.717, 1.165) is 12.5 Å². The molecule has 2 rings (SSSR count). The number of anilines is 3. The first kappa shape index (κ1) is 20.9. The molecule has 2 aromatic rings. The van der Waals surface area contributed by atoms with Gasteiger partial charge < -0.3 is 26.4 Å². The number of para-hydroxylation sites is 2. The van der Waals surface area contributed by atoms with Crippen LogP contribution in [0.25, 0.3) is 0 Å². The molecule has 0 aliphatic rings. The number of halogens is 3. The number of primary amides is 1. The lowest BCUT2D eigenvalue weighted by Crippen LogP contribution is -2.23. The van der Waals surface area contributed by atoms with Crippen LogP contribution in [0.15, 0.2) is 42.5 Å². The first-order valence-electron chi connectivity index (χ1n) is 8.30. The van der Waals surface area contributed by atoms with Crippen LogP contribution in [0, 0.1) is 0 Å². The van der Waals surface area contributed by atoms with E-state index in [4.69, 9.17) is 5.73 Å². The molecule has 150 valence electrons. The van der Waals surface area contributed by atoms with Gasteiger partial charge in [0, 0.05) is 17.9 Å². The van der Waals surface area contributed by atoms with E-state index in [2.05, 4.69) is 20.7 Å². The summed E-state index contributed by atoms with van der Waals surface area (Å²) in [7, 11) is 0. The first-order chi connectivity index (χ1) is 13.2. The van der Waals surface area contributed by atoms with E-state index in [0.29, 0.717) is 12.2 Å². The molecule has 10 heteroatoms. The molecule has 0 aliphatic heterocycles. The van der Waals surface area contributed by atoms with Crippen molar-refractivity contribution in [2.45, 2.75) is 19.7 Å². The van der Waals surface area contributed by atoms with Gasteiger partial charge in [-0.05, 0) is 36.8 Å². The molecular formula is C18H19F3N4O3. The van der Waals surface area contributed by atoms with Crippen LogP contribution in [0.5, 0.6) is 5.75 Å². The summed E-state index contributed by atoms with van der Waals surface area (Å²) in [4.78, 5) is 23.8. The molecule has 28 heavy (non-hydrogen) atoms. The zero-order valence-corrected chi connectivity index (χ0v) is 14.9. The predicted octanol–water partition coefficient (Wildman–Crippen LogP) is 4.15. The number of hydrogen-bond acceptors (Lipinski definition) is 4. The minimum atomic E-state index is -4.90. The summed E-state index contributed by atoms with van der Waals surface area (Å²) >= 11 is 0. The molecule has 0 bridgehead atoms. The molecule has 0 spiro atoms. The fraction of sp³-hybridized carbons (Fsp3) is 0.222. The lowest BCUT2D eigenvalue weighted by atomic mass is 10.1. The lowest BCUT2D eigenvalue weighted by Gasteiger charge is -2.15. The number of hydrogen-bond donors (Lipinski definition) is 4. The van der Waals surface area contributed by atoms with Gasteiger partial charge in [0.1, 0.15) is 0 Å². The second kappa shape index (κ2) is 8.98. The molecule has 0 aromatic heterocycles. The molecule has 3 amide bonds. The summed E-state index contributed by atoms with van der Waals surface area (Å²) in [5.41, 5.74) is 6.11. The lowest BCUT2D eigenvalue weighted by molar-refractivity contribution is -0.274. The number of ether oxygens (including phenoxy) is 1. The number of nitrogens with two attached hydrogens (primary N) is 1. The Labute approximate surface area is 159 Å². The first-order valence-corrected chi connectivity index (χ1v) is 8.30. The summed E-state index contributed by atoms with van der Waals surface area (Å²) in [5, 5.41) is 7.75. The minimum absolute atomic E-state index is 0.173. The van der Waals surface area contributed by atoms with Gasteiger partial charge in [0.05, 0.1) is 11.3 Å². The van der Waals surface area contributed by atoms with Crippen molar-refractivity contribution in [3.05, 3.63) is 48.0 Å². The van der Waals surface area contributed by atoms with Gasteiger partial charge in [0.2, 0.25) is 0 Å². The summed E-state index contributed by atoms with van der Waals surface area (Å²) in [6.45, 7) is 2.58. The van der Waals surface area contributed by atoms with Crippen LogP contribution in [0.3, 0.4) is 0 Å². The van der Waals surface area contributed by atoms with Crippen molar-refractivity contribution in [1.29, 1.82) is 0 Å². The Kier molecular flexibility index (Phi) is 6.69. The van der Waals surface area contributed by atoms with Crippen LogP contribution in [0.2, 0.25) is 0 Å². The van der Waals surface area contributed by atoms with Crippen molar-refractivity contribution in [1.82, 2.24) is 0 Å². The van der Waals surface area contributed by atoms with Gasteiger partial charge in [-0.3, -0.25) is 4.79 Å². The van der Waals surface area contributed by atoms with Gasteiger partial charge in [-0.25, -0.2) is 4.79 Å². The van der Waals surface area contributed by atoms with E-state index in [9.17, 15) is 22.8 Å². The molecule has 0 heterocycles. The molecule has 0 aliphatic carbocycles. The van der Waals surface area contributed by atoms with Crippen LogP contribution in [-0.2, 0) is 0 Å². The molecule has 2 aromatic carbocycles. The van der Waals surface area contributed by atoms with E-state index in [1.807, 2.05) is 6.92 Å². The van der Waals surface area contributed by atoms with Gasteiger partial charge in [0.15, 0.2) is 5.75 Å². The van der Waals surface area contributed by atoms with E-state index in [1.165, 1.54) is 30.3 Å². The monoisotopic (exact) mass is 396 g/mol. The Morgan fingerprint density at radius 2 is 1.79 bits per heavy atom. The number of amides is 3. The summed E-state index contributed by atoms with van der Waals surface area (Å²) in [6.07, 6.45) is -4.06. The van der Waals surface area contributed by atoms with Crippen LogP contribution in [0.4, 0.5) is 35.0 Å². The zero-order valence-electron chi connectivity index (χ0n) is 14.9. The Balaban J connectivity index is 2.13. The zero-order chi connectivity index (χ0) is 20.7. The highest BCUT2D eigenvalue weighted by Gasteiger charge is 2.32. The second-order valence-corrected chi connectivity index (χ2v) is 5.67. The van der Waals surface area contributed by atoms with Gasteiger partial charge in [-0.2, -0.15) is 0 Å². The van der Waals surface area contributed by atoms with Crippen molar-refractivity contribution in [3.63, 3.8) is 0 Å². The molecule has 0 saturated carbocycles. The fourth-order valence-electron chi connectivity index (χ4n) is 2.31. The SMILES string of the molecule is CCCNc1ccc(NC(=O)Nc2ccccc2OC(F)(F)F)cc1C(N)=O. The standard InChI is InChI=1S/C18H19F3N4O3/c1-2-9-23-13-8-7-11(10-12(13)16(22)26)24-17(27)25-14-5-3-4-6-15(14)28-18(19,20)21/h3-8,10,23H,2,9H2,1H3,(H2,22,26)(H2,24,25,27). The van der Waals surface area contributed by atoms with Crippen molar-refractivity contribution in [2.75, 3.05) is 22.5 Å². The number of nitrogens with one attached hydrogen (secondary N) is 3. The number of urea groups is 1. The highest BCUT2D eigenvalue weighted by atomic mass is 19.4. The highest BCUT2D eigenvalue weighted by Crippen LogP contribution is 2.30. The fourth-order valence-corrected chi connectivity index (χ4v) is 2.31. The maximum absolute atomic E-state index is 12.5. The smallest absolute Gasteiger partial charge is 0.404 e. The van der Waals surface area contributed by atoms with Crippen LogP contribution in [0.1, 0.15) is 23.7 Å². The molecule has 0 atom stereocenters. The number of benzene rings is 2. The largest absolute Gasteiger partial charge is 0.573 e. The summed E-state index contributed by atoms with van der Waals surface area (Å²) in [5.74, 6) is -1.24. The highest BCUT2D eigenvalue weighted by molar-refractivity contribution is 6.03. The average molecular weight is 396 g/mol. The number of alkyl halides is 3. The van der Waals surface area contributed by atoms with Gasteiger partial charge >= 0.3 is 12.4 Å². The maximum Gasteiger partial charge on any atom is 0.573 e. The summed E-state index contributed by atoms with van der Waals surface area (Å²) in [6, 6.07) is 8.77. The van der Waals surface area contributed by atoms with Crippen LogP contribution < -0.4 is 26.4 Å². The summed E-state index contributed by atoms with van der Waals surface area (Å²) < 4.78 is 41.2. The third kappa shape index (κ3) is 6.08. The molecular weight excluding hydrogens is 377 g/mol. The van der Waals surface area contributed by atoms with Crippen LogP contribution in [-0.4, -0.2) is 24.8 Å². The maximum atomic E-state index is 12.5. The molecule has 0 radical (unpaired) electrons. The van der Waals surface area contributed by atoms with Gasteiger partial charge in [-0.15, -0.1) is 13.2 Å². The average Bonchev–Trinajstić information content (AvgIpc) is 2.61. The minimum Gasteiger partial charge on any atom is -0.404 e. The van der Waals surface area contributed by atoms with E-state index < -0.39 is 24.1 Å².